The zero-order chi connectivity index (χ0) is 17.7. The maximum atomic E-state index is 13.2. The Morgan fingerprint density at radius 1 is 1.08 bits per heavy atom. The Morgan fingerprint density at radius 3 is 2.33 bits per heavy atom. The van der Waals surface area contributed by atoms with Crippen molar-refractivity contribution in [3.63, 3.8) is 0 Å². The van der Waals surface area contributed by atoms with Crippen LogP contribution >= 0.6 is 0 Å². The second-order valence-electron chi connectivity index (χ2n) is 5.41. The molecule has 5 nitrogen and oxygen atoms in total. The van der Waals surface area contributed by atoms with Crippen molar-refractivity contribution in [2.24, 2.45) is 5.73 Å². The van der Waals surface area contributed by atoms with Crippen LogP contribution in [0.3, 0.4) is 0 Å². The van der Waals surface area contributed by atoms with E-state index in [9.17, 15) is 18.4 Å². The van der Waals surface area contributed by atoms with E-state index in [-0.39, 0.29) is 12.5 Å². The molecule has 0 atom stereocenters. The standard InChI is InChI=1S/C17H17F2N3O2/c1-22(9-11-2-7-14(18)15(19)8-11)10-16(23)21-13-5-3-12(4-6-13)17(20)24/h2-8H,9-10H2,1H3,(H2,20,24)(H,21,23). The summed E-state index contributed by atoms with van der Waals surface area (Å²) in [5.41, 5.74) is 6.59. The number of anilines is 1. The molecule has 0 spiro atoms. The van der Waals surface area contributed by atoms with Crippen LogP contribution in [-0.4, -0.2) is 30.3 Å². The first-order valence-corrected chi connectivity index (χ1v) is 7.17. The van der Waals surface area contributed by atoms with Gasteiger partial charge < -0.3 is 11.1 Å². The van der Waals surface area contributed by atoms with Gasteiger partial charge in [-0.15, -0.1) is 0 Å². The molecule has 0 aliphatic rings. The van der Waals surface area contributed by atoms with E-state index in [1.165, 1.54) is 18.2 Å². The smallest absolute Gasteiger partial charge is 0.248 e. The third-order valence-electron chi connectivity index (χ3n) is 3.30. The number of rotatable bonds is 6. The summed E-state index contributed by atoms with van der Waals surface area (Å²) in [6.07, 6.45) is 0. The van der Waals surface area contributed by atoms with Gasteiger partial charge in [0.15, 0.2) is 11.6 Å². The molecule has 7 heteroatoms. The number of nitrogens with one attached hydrogen (secondary N) is 1. The molecule has 0 saturated carbocycles. The van der Waals surface area contributed by atoms with Gasteiger partial charge in [-0.1, -0.05) is 6.07 Å². The molecule has 0 aliphatic carbocycles. The number of nitrogens with zero attached hydrogens (tertiary/aromatic N) is 1. The molecule has 0 heterocycles. The first-order chi connectivity index (χ1) is 11.3. The molecule has 2 rings (SSSR count). The summed E-state index contributed by atoms with van der Waals surface area (Å²) in [6, 6.07) is 9.81. The zero-order valence-electron chi connectivity index (χ0n) is 13.1. The third kappa shape index (κ3) is 4.85. The number of carbonyl (C=O) groups excluding carboxylic acids is 2. The molecule has 0 aromatic heterocycles. The van der Waals surface area contributed by atoms with E-state index >= 15 is 0 Å². The average molecular weight is 333 g/mol. The Morgan fingerprint density at radius 2 is 1.75 bits per heavy atom. The van der Waals surface area contributed by atoms with Crippen molar-refractivity contribution in [3.8, 4) is 0 Å². The van der Waals surface area contributed by atoms with Gasteiger partial charge in [0.2, 0.25) is 11.8 Å². The van der Waals surface area contributed by atoms with Crippen molar-refractivity contribution in [1.29, 1.82) is 0 Å². The van der Waals surface area contributed by atoms with Gasteiger partial charge in [-0.05, 0) is 49.0 Å². The van der Waals surface area contributed by atoms with Gasteiger partial charge >= 0.3 is 0 Å². The lowest BCUT2D eigenvalue weighted by molar-refractivity contribution is -0.117. The highest BCUT2D eigenvalue weighted by atomic mass is 19.2. The third-order valence-corrected chi connectivity index (χ3v) is 3.30. The number of nitrogens with two attached hydrogens (primary N) is 1. The molecule has 2 amide bonds. The van der Waals surface area contributed by atoms with E-state index in [1.807, 2.05) is 0 Å². The predicted molar refractivity (Wildman–Crippen MR) is 86.3 cm³/mol. The molecule has 0 unspecified atom stereocenters. The molecule has 0 radical (unpaired) electrons. The summed E-state index contributed by atoms with van der Waals surface area (Å²) in [7, 11) is 1.69. The lowest BCUT2D eigenvalue weighted by Gasteiger charge is -2.16. The Kier molecular flexibility index (Phi) is 5.59. The van der Waals surface area contributed by atoms with E-state index < -0.39 is 17.5 Å². The predicted octanol–water partition coefficient (Wildman–Crippen LogP) is 2.13. The number of hydrogen-bond acceptors (Lipinski definition) is 3. The highest BCUT2D eigenvalue weighted by Gasteiger charge is 2.10. The van der Waals surface area contributed by atoms with E-state index in [2.05, 4.69) is 5.32 Å². The van der Waals surface area contributed by atoms with Crippen molar-refractivity contribution < 1.29 is 18.4 Å². The van der Waals surface area contributed by atoms with E-state index in [4.69, 9.17) is 5.73 Å². The van der Waals surface area contributed by atoms with Gasteiger partial charge in [0.1, 0.15) is 0 Å². The second-order valence-corrected chi connectivity index (χ2v) is 5.41. The number of likely N-dealkylation sites (N-methyl/N-ethyl adjacent to an activating group) is 1. The summed E-state index contributed by atoms with van der Waals surface area (Å²) >= 11 is 0. The lowest BCUT2D eigenvalue weighted by atomic mass is 10.2. The van der Waals surface area contributed by atoms with E-state index in [1.54, 1.807) is 24.1 Å². The number of hydrogen-bond donors (Lipinski definition) is 2. The van der Waals surface area contributed by atoms with Gasteiger partial charge in [-0.3, -0.25) is 14.5 Å². The topological polar surface area (TPSA) is 75.4 Å². The lowest BCUT2D eigenvalue weighted by Crippen LogP contribution is -2.29. The Bertz CT molecular complexity index is 748. The van der Waals surface area contributed by atoms with Crippen LogP contribution in [0.5, 0.6) is 0 Å². The highest BCUT2D eigenvalue weighted by Crippen LogP contribution is 2.11. The Labute approximate surface area is 138 Å². The summed E-state index contributed by atoms with van der Waals surface area (Å²) < 4.78 is 26.0. The highest BCUT2D eigenvalue weighted by molar-refractivity contribution is 5.95. The first kappa shape index (κ1) is 17.6. The van der Waals surface area contributed by atoms with Gasteiger partial charge in [-0.25, -0.2) is 8.78 Å². The number of carbonyl (C=O) groups is 2. The maximum absolute atomic E-state index is 13.2. The summed E-state index contributed by atoms with van der Waals surface area (Å²) in [4.78, 5) is 24.6. The van der Waals surface area contributed by atoms with Gasteiger partial charge in [-0.2, -0.15) is 0 Å². The minimum Gasteiger partial charge on any atom is -0.366 e. The fraction of sp³-hybridized carbons (Fsp3) is 0.176. The monoisotopic (exact) mass is 333 g/mol. The molecular formula is C17H17F2N3O2. The molecule has 0 bridgehead atoms. The number of amides is 2. The molecular weight excluding hydrogens is 316 g/mol. The van der Waals surface area contributed by atoms with Crippen LogP contribution in [0.2, 0.25) is 0 Å². The van der Waals surface area contributed by atoms with Crippen LogP contribution in [0.15, 0.2) is 42.5 Å². The average Bonchev–Trinajstić information content (AvgIpc) is 2.51. The number of halogens is 2. The maximum Gasteiger partial charge on any atom is 0.248 e. The van der Waals surface area contributed by atoms with E-state index in [0.29, 0.717) is 23.4 Å². The van der Waals surface area contributed by atoms with Crippen LogP contribution < -0.4 is 11.1 Å². The molecule has 0 aliphatic heterocycles. The quantitative estimate of drug-likeness (QED) is 0.850. The molecule has 2 aromatic rings. The molecule has 24 heavy (non-hydrogen) atoms. The van der Waals surface area contributed by atoms with Crippen molar-refractivity contribution in [2.75, 3.05) is 18.9 Å². The van der Waals surface area contributed by atoms with Crippen LogP contribution in [0.25, 0.3) is 0 Å². The normalized spacial score (nSPS) is 10.7. The van der Waals surface area contributed by atoms with Gasteiger partial charge in [0.05, 0.1) is 6.54 Å². The fourth-order valence-electron chi connectivity index (χ4n) is 2.17. The molecule has 2 aromatic carbocycles. The molecule has 0 fully saturated rings. The minimum atomic E-state index is -0.917. The van der Waals surface area contributed by atoms with Crippen LogP contribution in [0.4, 0.5) is 14.5 Å². The second kappa shape index (κ2) is 7.65. The molecule has 0 saturated heterocycles. The van der Waals surface area contributed by atoms with Crippen LogP contribution in [0, 0.1) is 11.6 Å². The summed E-state index contributed by atoms with van der Waals surface area (Å²) in [6.45, 7) is 0.363. The van der Waals surface area contributed by atoms with Crippen LogP contribution in [0.1, 0.15) is 15.9 Å². The summed E-state index contributed by atoms with van der Waals surface area (Å²) in [5, 5.41) is 2.68. The minimum absolute atomic E-state index is 0.0660. The van der Waals surface area contributed by atoms with Gasteiger partial charge in [0.25, 0.3) is 0 Å². The van der Waals surface area contributed by atoms with Crippen molar-refractivity contribution in [1.82, 2.24) is 4.90 Å². The van der Waals surface area contributed by atoms with Crippen LogP contribution in [-0.2, 0) is 11.3 Å². The number of benzene rings is 2. The SMILES string of the molecule is CN(CC(=O)Nc1ccc(C(N)=O)cc1)Cc1ccc(F)c(F)c1. The fourth-order valence-corrected chi connectivity index (χ4v) is 2.17. The molecule has 126 valence electrons. The van der Waals surface area contributed by atoms with Crippen molar-refractivity contribution in [2.45, 2.75) is 6.54 Å². The first-order valence-electron chi connectivity index (χ1n) is 7.17. The largest absolute Gasteiger partial charge is 0.366 e. The Balaban J connectivity index is 1.89. The zero-order valence-corrected chi connectivity index (χ0v) is 13.1. The van der Waals surface area contributed by atoms with Crippen molar-refractivity contribution >= 4 is 17.5 Å². The van der Waals surface area contributed by atoms with E-state index in [0.717, 1.165) is 12.1 Å². The molecule has 3 N–H and O–H groups in total. The summed E-state index contributed by atoms with van der Waals surface area (Å²) in [5.74, 6) is -2.63. The Hall–Kier alpha value is -2.80. The van der Waals surface area contributed by atoms with Gasteiger partial charge in [0, 0.05) is 17.8 Å². The van der Waals surface area contributed by atoms with Crippen molar-refractivity contribution in [3.05, 3.63) is 65.2 Å². The number of primary amides is 1.